The monoisotopic (exact) mass is 508 g/mol. The van der Waals surface area contributed by atoms with E-state index in [0.29, 0.717) is 11.7 Å². The Bertz CT molecular complexity index is 822. The van der Waals surface area contributed by atoms with Crippen LogP contribution in [0.25, 0.3) is 0 Å². The average Bonchev–Trinajstić information content (AvgIpc) is 3.54. The van der Waals surface area contributed by atoms with E-state index in [2.05, 4.69) is 16.9 Å². The molecular weight excluding hydrogens is 464 g/mol. The van der Waals surface area contributed by atoms with Crippen molar-refractivity contribution in [1.29, 1.82) is 0 Å². The molecule has 0 spiro atoms. The first-order chi connectivity index (χ1) is 17.4. The molecule has 0 aromatic carbocycles. The molecule has 2 aromatic rings. The summed E-state index contributed by atoms with van der Waals surface area (Å²) in [6, 6.07) is 0. The number of carbonyl (C=O) groups is 1. The standard InChI is InChI=1S/C27H44N2O7/c1-3-4-5-6-7-8-9-10-11-12-13-14-26(32)36-23(16-22(31)27(33)20(2)30)24-18-29-25(35-24)15-21-17-28-19-34-21/h17-20,22-23,27,30-31,33H,3-16H2,1-2H3. The zero-order chi connectivity index (χ0) is 26.2. The molecule has 36 heavy (non-hydrogen) atoms. The predicted octanol–water partition coefficient (Wildman–Crippen LogP) is 5.03. The molecule has 204 valence electrons. The Morgan fingerprint density at radius 3 is 2.19 bits per heavy atom. The van der Waals surface area contributed by atoms with E-state index in [0.717, 1.165) is 19.3 Å². The largest absolute Gasteiger partial charge is 0.454 e. The minimum absolute atomic E-state index is 0.132. The molecule has 4 unspecified atom stereocenters. The molecule has 2 aromatic heterocycles. The van der Waals surface area contributed by atoms with E-state index in [1.54, 1.807) is 6.20 Å². The highest BCUT2D eigenvalue weighted by Gasteiger charge is 2.30. The van der Waals surface area contributed by atoms with Crippen LogP contribution < -0.4 is 0 Å². The zero-order valence-electron chi connectivity index (χ0n) is 21.8. The Kier molecular flexibility index (Phi) is 14.4. The Morgan fingerprint density at radius 1 is 0.972 bits per heavy atom. The number of hydrogen-bond acceptors (Lipinski definition) is 9. The number of oxazole rings is 2. The number of aliphatic hydroxyl groups excluding tert-OH is 3. The Hall–Kier alpha value is -2.23. The summed E-state index contributed by atoms with van der Waals surface area (Å²) in [5.74, 6) is 0.771. The van der Waals surface area contributed by atoms with Crippen LogP contribution in [0.5, 0.6) is 0 Å². The normalized spacial score (nSPS) is 14.9. The van der Waals surface area contributed by atoms with E-state index in [1.807, 2.05) is 0 Å². The van der Waals surface area contributed by atoms with Crippen molar-refractivity contribution in [2.24, 2.45) is 0 Å². The second kappa shape index (κ2) is 17.3. The quantitative estimate of drug-likeness (QED) is 0.166. The number of carbonyl (C=O) groups excluding carboxylic acids is 1. The van der Waals surface area contributed by atoms with Gasteiger partial charge in [0.2, 0.25) is 5.89 Å². The molecule has 0 saturated heterocycles. The summed E-state index contributed by atoms with van der Waals surface area (Å²) in [5.41, 5.74) is 0. The van der Waals surface area contributed by atoms with Crippen molar-refractivity contribution in [3.8, 4) is 0 Å². The van der Waals surface area contributed by atoms with Gasteiger partial charge in [0.15, 0.2) is 18.3 Å². The summed E-state index contributed by atoms with van der Waals surface area (Å²) in [7, 11) is 0. The van der Waals surface area contributed by atoms with Crippen LogP contribution >= 0.6 is 0 Å². The maximum absolute atomic E-state index is 12.5. The minimum atomic E-state index is -1.38. The number of esters is 1. The van der Waals surface area contributed by atoms with Gasteiger partial charge >= 0.3 is 5.97 Å². The van der Waals surface area contributed by atoms with Gasteiger partial charge in [-0.3, -0.25) is 4.79 Å². The predicted molar refractivity (Wildman–Crippen MR) is 134 cm³/mol. The molecule has 0 amide bonds. The van der Waals surface area contributed by atoms with Crippen molar-refractivity contribution >= 4 is 5.97 Å². The van der Waals surface area contributed by atoms with Gasteiger partial charge in [-0.05, 0) is 13.3 Å². The third-order valence-electron chi connectivity index (χ3n) is 6.30. The lowest BCUT2D eigenvalue weighted by atomic mass is 10.0. The summed E-state index contributed by atoms with van der Waals surface area (Å²) in [4.78, 5) is 20.6. The number of hydrogen-bond donors (Lipinski definition) is 3. The molecule has 4 atom stereocenters. The van der Waals surface area contributed by atoms with Crippen molar-refractivity contribution < 1.29 is 33.7 Å². The SMILES string of the molecule is CCCCCCCCCCCCCC(=O)OC(CC(O)C(O)C(C)O)c1cnc(Cc2cnco2)o1. The molecule has 2 heterocycles. The highest BCUT2D eigenvalue weighted by molar-refractivity contribution is 5.69. The van der Waals surface area contributed by atoms with Crippen LogP contribution in [0, 0.1) is 0 Å². The third-order valence-corrected chi connectivity index (χ3v) is 6.30. The van der Waals surface area contributed by atoms with Crippen molar-refractivity contribution in [1.82, 2.24) is 9.97 Å². The van der Waals surface area contributed by atoms with E-state index in [-0.39, 0.29) is 25.0 Å². The van der Waals surface area contributed by atoms with Crippen LogP contribution in [0.2, 0.25) is 0 Å². The van der Waals surface area contributed by atoms with Gasteiger partial charge in [0, 0.05) is 12.8 Å². The molecule has 3 N–H and O–H groups in total. The molecule has 9 nitrogen and oxygen atoms in total. The van der Waals surface area contributed by atoms with Crippen molar-refractivity contribution in [2.45, 2.75) is 128 Å². The van der Waals surface area contributed by atoms with Gasteiger partial charge in [-0.15, -0.1) is 0 Å². The lowest BCUT2D eigenvalue weighted by molar-refractivity contribution is -0.154. The molecule has 9 heteroatoms. The number of aromatic nitrogens is 2. The second-order valence-electron chi connectivity index (χ2n) is 9.60. The summed E-state index contributed by atoms with van der Waals surface area (Å²) in [5, 5.41) is 30.0. The van der Waals surface area contributed by atoms with Crippen LogP contribution in [-0.4, -0.2) is 49.6 Å². The summed E-state index contributed by atoms with van der Waals surface area (Å²) in [6.45, 7) is 3.61. The Labute approximate surface area is 214 Å². The van der Waals surface area contributed by atoms with E-state index in [9.17, 15) is 20.1 Å². The van der Waals surface area contributed by atoms with Gasteiger partial charge in [0.1, 0.15) is 11.9 Å². The highest BCUT2D eigenvalue weighted by Crippen LogP contribution is 2.27. The summed E-state index contributed by atoms with van der Waals surface area (Å²) < 4.78 is 16.6. The van der Waals surface area contributed by atoms with Crippen LogP contribution in [-0.2, 0) is 16.0 Å². The maximum Gasteiger partial charge on any atom is 0.306 e. The fourth-order valence-corrected chi connectivity index (χ4v) is 4.09. The van der Waals surface area contributed by atoms with Gasteiger partial charge in [-0.1, -0.05) is 71.1 Å². The third kappa shape index (κ3) is 11.7. The van der Waals surface area contributed by atoms with Crippen molar-refractivity contribution in [3.63, 3.8) is 0 Å². The number of rotatable bonds is 20. The van der Waals surface area contributed by atoms with Gasteiger partial charge in [0.25, 0.3) is 0 Å². The number of ether oxygens (including phenoxy) is 1. The molecule has 0 radical (unpaired) electrons. The first-order valence-corrected chi connectivity index (χ1v) is 13.5. The first kappa shape index (κ1) is 30.0. The maximum atomic E-state index is 12.5. The van der Waals surface area contributed by atoms with E-state index in [4.69, 9.17) is 13.6 Å². The Balaban J connectivity index is 1.78. The van der Waals surface area contributed by atoms with Crippen molar-refractivity contribution in [3.05, 3.63) is 36.2 Å². The van der Waals surface area contributed by atoms with Gasteiger partial charge in [0.05, 0.1) is 31.0 Å². The molecule has 0 aliphatic rings. The first-order valence-electron chi connectivity index (χ1n) is 13.5. The topological polar surface area (TPSA) is 139 Å². The van der Waals surface area contributed by atoms with Crippen LogP contribution in [0.1, 0.15) is 121 Å². The zero-order valence-corrected chi connectivity index (χ0v) is 21.8. The van der Waals surface area contributed by atoms with E-state index >= 15 is 0 Å². The Morgan fingerprint density at radius 2 is 1.61 bits per heavy atom. The minimum Gasteiger partial charge on any atom is -0.454 e. The van der Waals surface area contributed by atoms with Gasteiger partial charge < -0.3 is 28.9 Å². The molecule has 0 aliphatic carbocycles. The molecule has 0 aliphatic heterocycles. The van der Waals surface area contributed by atoms with E-state index < -0.39 is 30.4 Å². The molecule has 0 bridgehead atoms. The molecule has 0 saturated carbocycles. The molecule has 2 rings (SSSR count). The lowest BCUT2D eigenvalue weighted by Crippen LogP contribution is -2.37. The molecular formula is C27H44N2O7. The van der Waals surface area contributed by atoms with Crippen LogP contribution in [0.3, 0.4) is 0 Å². The number of nitrogens with zero attached hydrogens (tertiary/aromatic N) is 2. The number of aliphatic hydroxyl groups is 3. The van der Waals surface area contributed by atoms with Gasteiger partial charge in [-0.25, -0.2) is 9.97 Å². The summed E-state index contributed by atoms with van der Waals surface area (Å²) >= 11 is 0. The lowest BCUT2D eigenvalue weighted by Gasteiger charge is -2.24. The summed E-state index contributed by atoms with van der Waals surface area (Å²) in [6.07, 6.45) is 13.0. The van der Waals surface area contributed by atoms with Gasteiger partial charge in [-0.2, -0.15) is 0 Å². The number of unbranched alkanes of at least 4 members (excludes halogenated alkanes) is 10. The van der Waals surface area contributed by atoms with Crippen LogP contribution in [0.15, 0.2) is 27.6 Å². The fraction of sp³-hybridized carbons (Fsp3) is 0.741. The van der Waals surface area contributed by atoms with Crippen molar-refractivity contribution in [2.75, 3.05) is 0 Å². The van der Waals surface area contributed by atoms with E-state index in [1.165, 1.54) is 70.9 Å². The highest BCUT2D eigenvalue weighted by atomic mass is 16.6. The van der Waals surface area contributed by atoms with Crippen LogP contribution in [0.4, 0.5) is 0 Å². The molecule has 0 fully saturated rings. The second-order valence-corrected chi connectivity index (χ2v) is 9.60. The smallest absolute Gasteiger partial charge is 0.306 e. The fourth-order valence-electron chi connectivity index (χ4n) is 4.09. The average molecular weight is 509 g/mol.